The van der Waals surface area contributed by atoms with E-state index >= 15 is 0 Å². The molecule has 3 N–H and O–H groups in total. The standard InChI is InChI=1S/C22H24N4O5S2/c1-14(27)23-19(15-6-10-18(31-2)11-7-15)12-21(28)25-22-24-20(13-32-22)16-4-8-17(9-5-16)26-33(3,29)30/h4-11,13,19,26H,12H2,1-3H3,(H,23,27)(H,24,25,28). The third-order valence-corrected chi connectivity index (χ3v) is 5.88. The Morgan fingerprint density at radius 2 is 1.76 bits per heavy atom. The molecular formula is C22H24N4O5S2. The molecule has 0 fully saturated rings. The summed E-state index contributed by atoms with van der Waals surface area (Å²) in [7, 11) is -1.78. The fourth-order valence-electron chi connectivity index (χ4n) is 3.08. The zero-order valence-electron chi connectivity index (χ0n) is 18.3. The van der Waals surface area contributed by atoms with Crippen molar-refractivity contribution in [1.29, 1.82) is 0 Å². The largest absolute Gasteiger partial charge is 0.497 e. The molecule has 0 aliphatic heterocycles. The van der Waals surface area contributed by atoms with E-state index < -0.39 is 16.1 Å². The predicted octanol–water partition coefficient (Wildman–Crippen LogP) is 3.40. The molecule has 174 valence electrons. The number of nitrogens with zero attached hydrogens (tertiary/aromatic N) is 1. The highest BCUT2D eigenvalue weighted by atomic mass is 32.2. The van der Waals surface area contributed by atoms with E-state index in [9.17, 15) is 18.0 Å². The van der Waals surface area contributed by atoms with Gasteiger partial charge in [0.15, 0.2) is 5.13 Å². The Morgan fingerprint density at radius 3 is 2.33 bits per heavy atom. The number of amides is 2. The lowest BCUT2D eigenvalue weighted by Crippen LogP contribution is -2.29. The third-order valence-electron chi connectivity index (χ3n) is 4.52. The molecule has 0 aliphatic carbocycles. The third kappa shape index (κ3) is 7.29. The Kier molecular flexibility index (Phi) is 7.67. The normalized spacial score (nSPS) is 12.0. The minimum Gasteiger partial charge on any atom is -0.497 e. The van der Waals surface area contributed by atoms with Crippen LogP contribution in [-0.4, -0.2) is 38.6 Å². The Balaban J connectivity index is 1.66. The van der Waals surface area contributed by atoms with Crippen LogP contribution in [0.4, 0.5) is 10.8 Å². The SMILES string of the molecule is COc1ccc(C(CC(=O)Nc2nc(-c3ccc(NS(C)(=O)=O)cc3)cs2)NC(C)=O)cc1. The van der Waals surface area contributed by atoms with Crippen molar-refractivity contribution in [1.82, 2.24) is 10.3 Å². The van der Waals surface area contributed by atoms with Crippen molar-refractivity contribution in [3.63, 3.8) is 0 Å². The number of rotatable bonds is 9. The molecular weight excluding hydrogens is 464 g/mol. The van der Waals surface area contributed by atoms with Crippen molar-refractivity contribution in [3.05, 3.63) is 59.5 Å². The highest BCUT2D eigenvalue weighted by molar-refractivity contribution is 7.92. The molecule has 11 heteroatoms. The summed E-state index contributed by atoms with van der Waals surface area (Å²) in [4.78, 5) is 28.7. The van der Waals surface area contributed by atoms with E-state index in [1.165, 1.54) is 18.3 Å². The summed E-state index contributed by atoms with van der Waals surface area (Å²) in [6.07, 6.45) is 1.12. The van der Waals surface area contributed by atoms with E-state index in [4.69, 9.17) is 4.74 Å². The van der Waals surface area contributed by atoms with Crippen LogP contribution in [0.25, 0.3) is 11.3 Å². The maximum atomic E-state index is 12.6. The zero-order chi connectivity index (χ0) is 24.0. The lowest BCUT2D eigenvalue weighted by Gasteiger charge is -2.18. The smallest absolute Gasteiger partial charge is 0.229 e. The molecule has 3 aromatic rings. The van der Waals surface area contributed by atoms with Crippen LogP contribution in [0.2, 0.25) is 0 Å². The van der Waals surface area contributed by atoms with Crippen LogP contribution in [0.3, 0.4) is 0 Å². The van der Waals surface area contributed by atoms with Gasteiger partial charge in [0.2, 0.25) is 21.8 Å². The Bertz CT molecular complexity index is 1220. The predicted molar refractivity (Wildman–Crippen MR) is 129 cm³/mol. The molecule has 1 aromatic heterocycles. The van der Waals surface area contributed by atoms with Crippen LogP contribution in [-0.2, 0) is 19.6 Å². The molecule has 3 rings (SSSR count). The maximum absolute atomic E-state index is 12.6. The molecule has 2 amide bonds. The minimum atomic E-state index is -3.35. The van der Waals surface area contributed by atoms with E-state index in [-0.39, 0.29) is 18.2 Å². The average Bonchev–Trinajstić information content (AvgIpc) is 3.20. The first-order valence-corrected chi connectivity index (χ1v) is 12.6. The molecule has 1 unspecified atom stereocenters. The quantitative estimate of drug-likeness (QED) is 0.424. The van der Waals surface area contributed by atoms with Gasteiger partial charge in [0.05, 0.1) is 31.5 Å². The van der Waals surface area contributed by atoms with Gasteiger partial charge in [-0.3, -0.25) is 14.3 Å². The fraction of sp³-hybridized carbons (Fsp3) is 0.227. The number of carbonyl (C=O) groups is 2. The van der Waals surface area contributed by atoms with Gasteiger partial charge in [-0.1, -0.05) is 24.3 Å². The van der Waals surface area contributed by atoms with Crippen molar-refractivity contribution in [2.24, 2.45) is 0 Å². The number of aromatic nitrogens is 1. The molecule has 1 heterocycles. The number of benzene rings is 2. The molecule has 0 saturated heterocycles. The number of methoxy groups -OCH3 is 1. The molecule has 0 saturated carbocycles. The van der Waals surface area contributed by atoms with Crippen LogP contribution in [0.15, 0.2) is 53.9 Å². The van der Waals surface area contributed by atoms with Crippen molar-refractivity contribution >= 4 is 44.0 Å². The molecule has 2 aromatic carbocycles. The second kappa shape index (κ2) is 10.5. The molecule has 0 aliphatic rings. The van der Waals surface area contributed by atoms with E-state index in [1.54, 1.807) is 61.0 Å². The maximum Gasteiger partial charge on any atom is 0.229 e. The van der Waals surface area contributed by atoms with Gasteiger partial charge in [-0.2, -0.15) is 0 Å². The van der Waals surface area contributed by atoms with Crippen molar-refractivity contribution < 1.29 is 22.7 Å². The molecule has 1 atom stereocenters. The van der Waals surface area contributed by atoms with Gasteiger partial charge in [0, 0.05) is 23.6 Å². The summed E-state index contributed by atoms with van der Waals surface area (Å²) >= 11 is 1.27. The van der Waals surface area contributed by atoms with E-state index in [0.717, 1.165) is 17.4 Å². The van der Waals surface area contributed by atoms with E-state index in [0.29, 0.717) is 22.3 Å². The second-order valence-electron chi connectivity index (χ2n) is 7.27. The summed E-state index contributed by atoms with van der Waals surface area (Å²) in [5.74, 6) is 0.146. The molecule has 33 heavy (non-hydrogen) atoms. The summed E-state index contributed by atoms with van der Waals surface area (Å²) in [5.41, 5.74) is 2.66. The number of hydrogen-bond acceptors (Lipinski definition) is 7. The number of thiazole rings is 1. The summed E-state index contributed by atoms with van der Waals surface area (Å²) < 4.78 is 30.2. The van der Waals surface area contributed by atoms with Gasteiger partial charge in [-0.25, -0.2) is 13.4 Å². The van der Waals surface area contributed by atoms with Gasteiger partial charge in [-0.05, 0) is 29.8 Å². The van der Waals surface area contributed by atoms with E-state index in [2.05, 4.69) is 20.3 Å². The number of nitrogens with one attached hydrogen (secondary N) is 3. The number of ether oxygens (including phenoxy) is 1. The molecule has 0 spiro atoms. The highest BCUT2D eigenvalue weighted by Crippen LogP contribution is 2.27. The Morgan fingerprint density at radius 1 is 1.09 bits per heavy atom. The van der Waals surface area contributed by atoms with Crippen LogP contribution >= 0.6 is 11.3 Å². The second-order valence-corrected chi connectivity index (χ2v) is 9.87. The van der Waals surface area contributed by atoms with Gasteiger partial charge < -0.3 is 15.4 Å². The van der Waals surface area contributed by atoms with Crippen LogP contribution < -0.4 is 20.1 Å². The Hall–Kier alpha value is -3.44. The summed E-state index contributed by atoms with van der Waals surface area (Å²) in [6, 6.07) is 13.4. The monoisotopic (exact) mass is 488 g/mol. The molecule has 9 nitrogen and oxygen atoms in total. The number of anilines is 2. The van der Waals surface area contributed by atoms with Crippen molar-refractivity contribution in [2.45, 2.75) is 19.4 Å². The zero-order valence-corrected chi connectivity index (χ0v) is 19.9. The molecule has 0 radical (unpaired) electrons. The first kappa shape index (κ1) is 24.2. The lowest BCUT2D eigenvalue weighted by molar-refractivity contribution is -0.120. The van der Waals surface area contributed by atoms with Crippen LogP contribution in [0.1, 0.15) is 24.9 Å². The molecule has 0 bridgehead atoms. The summed E-state index contributed by atoms with van der Waals surface area (Å²) in [5, 5.41) is 7.78. The highest BCUT2D eigenvalue weighted by Gasteiger charge is 2.18. The number of carbonyl (C=O) groups excluding carboxylic acids is 2. The van der Waals surface area contributed by atoms with Gasteiger partial charge in [0.1, 0.15) is 5.75 Å². The minimum absolute atomic E-state index is 0.0344. The Labute approximate surface area is 196 Å². The fourth-order valence-corrected chi connectivity index (χ4v) is 4.38. The number of hydrogen-bond donors (Lipinski definition) is 3. The van der Waals surface area contributed by atoms with Crippen molar-refractivity contribution in [2.75, 3.05) is 23.4 Å². The van der Waals surface area contributed by atoms with Crippen molar-refractivity contribution in [3.8, 4) is 17.0 Å². The van der Waals surface area contributed by atoms with Gasteiger partial charge in [-0.15, -0.1) is 11.3 Å². The van der Waals surface area contributed by atoms with Crippen LogP contribution in [0, 0.1) is 0 Å². The van der Waals surface area contributed by atoms with Crippen LogP contribution in [0.5, 0.6) is 5.75 Å². The first-order valence-electron chi connectivity index (χ1n) is 9.87. The first-order chi connectivity index (χ1) is 15.6. The van der Waals surface area contributed by atoms with E-state index in [1.807, 2.05) is 0 Å². The van der Waals surface area contributed by atoms with Gasteiger partial charge >= 0.3 is 0 Å². The lowest BCUT2D eigenvalue weighted by atomic mass is 10.0. The number of sulfonamides is 1. The average molecular weight is 489 g/mol. The topological polar surface area (TPSA) is 126 Å². The summed E-state index contributed by atoms with van der Waals surface area (Å²) in [6.45, 7) is 1.40. The van der Waals surface area contributed by atoms with Gasteiger partial charge in [0.25, 0.3) is 0 Å².